The molecule has 1 aliphatic carbocycles. The molecule has 116 valence electrons. The van der Waals surface area contributed by atoms with E-state index >= 15 is 0 Å². The topological polar surface area (TPSA) is 3.24 Å². The lowest BCUT2D eigenvalue weighted by molar-refractivity contribution is 0.289. The Bertz CT molecular complexity index is 523. The van der Waals surface area contributed by atoms with E-state index in [-0.39, 0.29) is 0 Å². The van der Waals surface area contributed by atoms with E-state index in [4.69, 9.17) is 11.6 Å². The molecule has 0 aliphatic heterocycles. The molecule has 1 aliphatic rings. The Morgan fingerprint density at radius 3 is 1.77 bits per heavy atom. The molecule has 0 N–H and O–H groups in total. The van der Waals surface area contributed by atoms with E-state index in [1.54, 1.807) is 0 Å². The van der Waals surface area contributed by atoms with E-state index in [9.17, 15) is 0 Å². The Hall–Kier alpha value is -1.31. The summed E-state index contributed by atoms with van der Waals surface area (Å²) >= 11 is 5.94. The third-order valence-corrected chi connectivity index (χ3v) is 5.02. The first-order valence-electron chi connectivity index (χ1n) is 8.23. The summed E-state index contributed by atoms with van der Waals surface area (Å²) in [4.78, 5) is 2.48. The van der Waals surface area contributed by atoms with Crippen LogP contribution in [0.2, 0.25) is 0 Å². The van der Waals surface area contributed by atoms with E-state index < -0.39 is 0 Å². The number of halogens is 1. The van der Waals surface area contributed by atoms with Gasteiger partial charge in [-0.05, 0) is 35.4 Å². The summed E-state index contributed by atoms with van der Waals surface area (Å²) in [6, 6.07) is 21.9. The maximum atomic E-state index is 5.94. The summed E-state index contributed by atoms with van der Waals surface area (Å²) in [5.74, 6) is 2.71. The Balaban J connectivity index is 1.80. The highest BCUT2D eigenvalue weighted by atomic mass is 35.5. The molecule has 0 aromatic heterocycles. The zero-order valence-electron chi connectivity index (χ0n) is 13.2. The van der Waals surface area contributed by atoms with Crippen LogP contribution in [-0.2, 0) is 0 Å². The third-order valence-electron chi connectivity index (χ3n) is 4.85. The van der Waals surface area contributed by atoms with Crippen LogP contribution in [0.25, 0.3) is 0 Å². The standard InChI is InChI=1S/C20H24ClN/c1-2-22(14-13-21)15-18-19(16-9-5-3-6-10-16)20(18)17-11-7-4-8-12-17/h3-12,18-20H,2,13-15H2,1H3. The van der Waals surface area contributed by atoms with Crippen molar-refractivity contribution in [3.8, 4) is 0 Å². The minimum atomic E-state index is 0.646. The number of benzene rings is 2. The van der Waals surface area contributed by atoms with Crippen LogP contribution in [0.3, 0.4) is 0 Å². The molecule has 2 unspecified atom stereocenters. The zero-order chi connectivity index (χ0) is 15.4. The van der Waals surface area contributed by atoms with Gasteiger partial charge in [-0.2, -0.15) is 0 Å². The van der Waals surface area contributed by atoms with Gasteiger partial charge in [-0.25, -0.2) is 0 Å². The fourth-order valence-electron chi connectivity index (χ4n) is 3.66. The molecule has 2 heteroatoms. The molecular formula is C20H24ClN. The summed E-state index contributed by atoms with van der Waals surface area (Å²) in [5, 5.41) is 0. The molecule has 0 spiro atoms. The van der Waals surface area contributed by atoms with Crippen LogP contribution in [0, 0.1) is 5.92 Å². The van der Waals surface area contributed by atoms with Crippen molar-refractivity contribution in [1.82, 2.24) is 4.90 Å². The van der Waals surface area contributed by atoms with Crippen molar-refractivity contribution in [2.24, 2.45) is 5.92 Å². The number of nitrogens with zero attached hydrogens (tertiary/aromatic N) is 1. The molecule has 3 rings (SSSR count). The van der Waals surface area contributed by atoms with Gasteiger partial charge in [0.2, 0.25) is 0 Å². The van der Waals surface area contributed by atoms with Crippen LogP contribution in [0.1, 0.15) is 29.9 Å². The second kappa shape index (κ2) is 7.30. The first-order chi connectivity index (χ1) is 10.8. The molecule has 0 saturated heterocycles. The highest BCUT2D eigenvalue weighted by Gasteiger charge is 2.51. The quantitative estimate of drug-likeness (QED) is 0.667. The molecule has 2 atom stereocenters. The summed E-state index contributed by atoms with van der Waals surface area (Å²) in [7, 11) is 0. The number of hydrogen-bond donors (Lipinski definition) is 0. The second-order valence-corrected chi connectivity index (χ2v) is 6.50. The number of alkyl halides is 1. The molecule has 1 saturated carbocycles. The Morgan fingerprint density at radius 1 is 0.864 bits per heavy atom. The monoisotopic (exact) mass is 313 g/mol. The molecule has 1 fully saturated rings. The van der Waals surface area contributed by atoms with Gasteiger partial charge in [-0.1, -0.05) is 67.6 Å². The molecule has 2 aromatic rings. The lowest BCUT2D eigenvalue weighted by Crippen LogP contribution is -2.28. The van der Waals surface area contributed by atoms with Crippen molar-refractivity contribution in [2.45, 2.75) is 18.8 Å². The maximum Gasteiger partial charge on any atom is 0.0351 e. The highest BCUT2D eigenvalue weighted by Crippen LogP contribution is 2.60. The molecule has 22 heavy (non-hydrogen) atoms. The Labute approximate surface area is 138 Å². The van der Waals surface area contributed by atoms with Gasteiger partial charge >= 0.3 is 0 Å². The van der Waals surface area contributed by atoms with Crippen LogP contribution < -0.4 is 0 Å². The Morgan fingerprint density at radius 2 is 1.36 bits per heavy atom. The van der Waals surface area contributed by atoms with Crippen molar-refractivity contribution >= 4 is 11.6 Å². The lowest BCUT2D eigenvalue weighted by Gasteiger charge is -2.19. The average Bonchev–Trinajstić information content (AvgIpc) is 3.30. The van der Waals surface area contributed by atoms with E-state index in [0.717, 1.165) is 19.6 Å². The van der Waals surface area contributed by atoms with Crippen molar-refractivity contribution in [1.29, 1.82) is 0 Å². The predicted octanol–water partition coefficient (Wildman–Crippen LogP) is 4.74. The van der Waals surface area contributed by atoms with Gasteiger partial charge < -0.3 is 4.90 Å². The van der Waals surface area contributed by atoms with E-state index in [1.165, 1.54) is 11.1 Å². The normalized spacial score (nSPS) is 23.7. The van der Waals surface area contributed by atoms with Crippen molar-refractivity contribution in [3.63, 3.8) is 0 Å². The summed E-state index contributed by atoms with van der Waals surface area (Å²) in [6.07, 6.45) is 0. The van der Waals surface area contributed by atoms with Gasteiger partial charge in [0.1, 0.15) is 0 Å². The van der Waals surface area contributed by atoms with Gasteiger partial charge in [-0.3, -0.25) is 0 Å². The van der Waals surface area contributed by atoms with E-state index in [2.05, 4.69) is 72.5 Å². The van der Waals surface area contributed by atoms with Crippen LogP contribution in [0.4, 0.5) is 0 Å². The van der Waals surface area contributed by atoms with Gasteiger partial charge in [0.25, 0.3) is 0 Å². The van der Waals surface area contributed by atoms with Crippen molar-refractivity contribution < 1.29 is 0 Å². The molecule has 2 aromatic carbocycles. The van der Waals surface area contributed by atoms with E-state index in [0.29, 0.717) is 23.6 Å². The maximum absolute atomic E-state index is 5.94. The minimum absolute atomic E-state index is 0.646. The number of hydrogen-bond acceptors (Lipinski definition) is 1. The summed E-state index contributed by atoms with van der Waals surface area (Å²) < 4.78 is 0. The molecular weight excluding hydrogens is 290 g/mol. The minimum Gasteiger partial charge on any atom is -0.302 e. The van der Waals surface area contributed by atoms with Gasteiger partial charge in [0.15, 0.2) is 0 Å². The Kier molecular flexibility index (Phi) is 5.17. The van der Waals surface area contributed by atoms with Gasteiger partial charge in [0, 0.05) is 19.0 Å². The van der Waals surface area contributed by atoms with Crippen molar-refractivity contribution in [3.05, 3.63) is 71.8 Å². The van der Waals surface area contributed by atoms with Gasteiger partial charge in [-0.15, -0.1) is 11.6 Å². The molecule has 0 bridgehead atoms. The predicted molar refractivity (Wildman–Crippen MR) is 94.7 cm³/mol. The first kappa shape index (κ1) is 15.6. The molecule has 1 nitrogen and oxygen atoms in total. The number of rotatable bonds is 7. The van der Waals surface area contributed by atoms with Gasteiger partial charge in [0.05, 0.1) is 0 Å². The summed E-state index contributed by atoms with van der Waals surface area (Å²) in [6.45, 7) is 5.43. The van der Waals surface area contributed by atoms with Crippen LogP contribution >= 0.6 is 11.6 Å². The second-order valence-electron chi connectivity index (χ2n) is 6.12. The van der Waals surface area contributed by atoms with Crippen LogP contribution in [-0.4, -0.2) is 30.4 Å². The average molecular weight is 314 g/mol. The summed E-state index contributed by atoms with van der Waals surface area (Å²) in [5.41, 5.74) is 2.95. The van der Waals surface area contributed by atoms with Crippen molar-refractivity contribution in [2.75, 3.05) is 25.5 Å². The third kappa shape index (κ3) is 3.37. The highest BCUT2D eigenvalue weighted by molar-refractivity contribution is 6.18. The molecule has 0 radical (unpaired) electrons. The fraction of sp³-hybridized carbons (Fsp3) is 0.400. The zero-order valence-corrected chi connectivity index (χ0v) is 13.9. The first-order valence-corrected chi connectivity index (χ1v) is 8.76. The largest absolute Gasteiger partial charge is 0.302 e. The molecule has 0 amide bonds. The smallest absolute Gasteiger partial charge is 0.0351 e. The van der Waals surface area contributed by atoms with Crippen LogP contribution in [0.15, 0.2) is 60.7 Å². The lowest BCUT2D eigenvalue weighted by atomic mass is 10.0. The SMILES string of the molecule is CCN(CCCl)CC1C(c2ccccc2)C1c1ccccc1. The molecule has 0 heterocycles. The van der Waals surface area contributed by atoms with E-state index in [1.807, 2.05) is 0 Å². The van der Waals surface area contributed by atoms with Crippen LogP contribution in [0.5, 0.6) is 0 Å². The fourth-order valence-corrected chi connectivity index (χ4v) is 3.90.